The minimum atomic E-state index is -2.98. The lowest BCUT2D eigenvalue weighted by Gasteiger charge is -2.12. The monoisotopic (exact) mass is 354 g/mol. The second kappa shape index (κ2) is 9.12. The molecule has 0 radical (unpaired) electrons. The average Bonchev–Trinajstić information content (AvgIpc) is 2.93. The molecule has 2 rings (SSSR count). The number of amides is 1. The maximum atomic E-state index is 12.3. The van der Waals surface area contributed by atoms with Gasteiger partial charge < -0.3 is 15.4 Å². The highest BCUT2D eigenvalue weighted by atomic mass is 35.5. The van der Waals surface area contributed by atoms with Gasteiger partial charge in [0.1, 0.15) is 5.75 Å². The molecule has 4 nitrogen and oxygen atoms in total. The first kappa shape index (κ1) is 18.9. The van der Waals surface area contributed by atoms with Crippen molar-refractivity contribution in [3.63, 3.8) is 0 Å². The summed E-state index contributed by atoms with van der Waals surface area (Å²) in [5.41, 5.74) is 0.0207. The van der Waals surface area contributed by atoms with Crippen molar-refractivity contribution in [1.29, 1.82) is 0 Å². The van der Waals surface area contributed by atoms with Gasteiger partial charge in [0.25, 0.3) is 5.91 Å². The Hall–Kier alpha value is -1.11. The maximum absolute atomic E-state index is 12.3. The third-order valence-corrected chi connectivity index (χ3v) is 3.64. The second-order valence-electron chi connectivity index (χ2n) is 4.92. The van der Waals surface area contributed by atoms with Gasteiger partial charge in [0.2, 0.25) is 0 Å². The topological polar surface area (TPSA) is 50.4 Å². The number of nitrogens with one attached hydrogen (secondary N) is 2. The molecule has 0 aromatic heterocycles. The van der Waals surface area contributed by atoms with E-state index in [4.69, 9.17) is 11.6 Å². The van der Waals surface area contributed by atoms with Crippen molar-refractivity contribution < 1.29 is 18.3 Å². The molecule has 124 valence electrons. The number of benzene rings is 1. The molecule has 0 bridgehead atoms. The van der Waals surface area contributed by atoms with Gasteiger partial charge in [-0.3, -0.25) is 4.79 Å². The molecule has 1 heterocycles. The van der Waals surface area contributed by atoms with E-state index >= 15 is 0 Å². The van der Waals surface area contributed by atoms with Gasteiger partial charge in [-0.15, -0.1) is 12.4 Å². The first-order valence-corrected chi connectivity index (χ1v) is 7.17. The molecule has 1 aliphatic heterocycles. The molecule has 0 saturated carbocycles. The zero-order chi connectivity index (χ0) is 15.2. The number of halogens is 4. The van der Waals surface area contributed by atoms with Crippen LogP contribution in [-0.2, 0) is 0 Å². The van der Waals surface area contributed by atoms with Crippen LogP contribution in [0.2, 0.25) is 5.02 Å². The Morgan fingerprint density at radius 3 is 2.91 bits per heavy atom. The van der Waals surface area contributed by atoms with Crippen LogP contribution in [-0.4, -0.2) is 32.2 Å². The fourth-order valence-corrected chi connectivity index (χ4v) is 2.50. The van der Waals surface area contributed by atoms with Crippen LogP contribution in [0, 0.1) is 5.92 Å². The highest BCUT2D eigenvalue weighted by molar-refractivity contribution is 6.31. The Morgan fingerprint density at radius 1 is 1.50 bits per heavy atom. The average molecular weight is 355 g/mol. The number of alkyl halides is 2. The fraction of sp³-hybridized carbons (Fsp3) is 0.500. The number of hydrogen-bond acceptors (Lipinski definition) is 3. The van der Waals surface area contributed by atoms with E-state index in [-0.39, 0.29) is 23.7 Å². The van der Waals surface area contributed by atoms with E-state index in [2.05, 4.69) is 15.4 Å². The Kier molecular flexibility index (Phi) is 7.85. The van der Waals surface area contributed by atoms with Gasteiger partial charge in [0, 0.05) is 11.6 Å². The van der Waals surface area contributed by atoms with Crippen LogP contribution in [0.1, 0.15) is 23.2 Å². The van der Waals surface area contributed by atoms with E-state index in [1.54, 1.807) is 0 Å². The van der Waals surface area contributed by atoms with Crippen molar-refractivity contribution in [3.8, 4) is 5.75 Å². The van der Waals surface area contributed by atoms with Gasteiger partial charge >= 0.3 is 6.61 Å². The van der Waals surface area contributed by atoms with Crippen LogP contribution < -0.4 is 15.4 Å². The summed E-state index contributed by atoms with van der Waals surface area (Å²) in [6.45, 7) is -0.542. The normalized spacial score (nSPS) is 17.2. The van der Waals surface area contributed by atoms with Crippen LogP contribution >= 0.6 is 24.0 Å². The van der Waals surface area contributed by atoms with E-state index in [0.717, 1.165) is 25.9 Å². The first-order valence-electron chi connectivity index (χ1n) is 6.79. The lowest BCUT2D eigenvalue weighted by atomic mass is 10.1. The van der Waals surface area contributed by atoms with Gasteiger partial charge in [-0.1, -0.05) is 11.6 Å². The third kappa shape index (κ3) is 5.59. The van der Waals surface area contributed by atoms with Crippen LogP contribution in [0.5, 0.6) is 5.75 Å². The molecule has 0 spiro atoms. The summed E-state index contributed by atoms with van der Waals surface area (Å²) in [5.74, 6) is -0.0880. The molecule has 0 aliphatic carbocycles. The third-order valence-electron chi connectivity index (χ3n) is 3.40. The molecular formula is C14H18Cl2F2N2O2. The number of ether oxygens (including phenoxy) is 1. The molecular weight excluding hydrogens is 337 g/mol. The fourth-order valence-electron chi connectivity index (χ4n) is 2.32. The zero-order valence-electron chi connectivity index (χ0n) is 11.8. The van der Waals surface area contributed by atoms with Crippen molar-refractivity contribution in [2.75, 3.05) is 19.6 Å². The zero-order valence-corrected chi connectivity index (χ0v) is 13.4. The molecule has 1 aliphatic rings. The summed E-state index contributed by atoms with van der Waals surface area (Å²) < 4.78 is 29.0. The number of carbonyl (C=O) groups is 1. The maximum Gasteiger partial charge on any atom is 0.387 e. The molecule has 1 saturated heterocycles. The SMILES string of the molecule is Cl.O=C(NCCC1CCNC1)c1cc(Cl)ccc1OC(F)F. The molecule has 1 aromatic rings. The predicted molar refractivity (Wildman–Crippen MR) is 83.3 cm³/mol. The summed E-state index contributed by atoms with van der Waals surface area (Å²) in [7, 11) is 0. The van der Waals surface area contributed by atoms with Gasteiger partial charge in [-0.25, -0.2) is 0 Å². The van der Waals surface area contributed by atoms with Crippen molar-refractivity contribution in [1.82, 2.24) is 10.6 Å². The standard InChI is InChI=1S/C14H17ClF2N2O2.ClH/c15-10-1-2-12(21-14(16)17)11(7-10)13(20)19-6-4-9-3-5-18-8-9;/h1-2,7,9,14,18H,3-6,8H2,(H,19,20);1H. The molecule has 2 N–H and O–H groups in total. The van der Waals surface area contributed by atoms with Crippen molar-refractivity contribution in [2.45, 2.75) is 19.5 Å². The minimum absolute atomic E-state index is 0. The predicted octanol–water partition coefficient (Wildman–Crippen LogP) is 3.09. The summed E-state index contributed by atoms with van der Waals surface area (Å²) in [5, 5.41) is 6.26. The number of hydrogen-bond donors (Lipinski definition) is 2. The Bertz CT molecular complexity index is 498. The highest BCUT2D eigenvalue weighted by Crippen LogP contribution is 2.24. The van der Waals surface area contributed by atoms with Crippen LogP contribution in [0.3, 0.4) is 0 Å². The highest BCUT2D eigenvalue weighted by Gasteiger charge is 2.18. The van der Waals surface area contributed by atoms with Crippen molar-refractivity contribution in [2.24, 2.45) is 5.92 Å². The molecule has 1 fully saturated rings. The minimum Gasteiger partial charge on any atom is -0.434 e. The van der Waals surface area contributed by atoms with Crippen LogP contribution in [0.15, 0.2) is 18.2 Å². The first-order chi connectivity index (χ1) is 10.1. The van der Waals surface area contributed by atoms with E-state index in [1.807, 2.05) is 0 Å². The van der Waals surface area contributed by atoms with E-state index in [1.165, 1.54) is 18.2 Å². The van der Waals surface area contributed by atoms with Gasteiger partial charge in [0.05, 0.1) is 5.56 Å². The second-order valence-corrected chi connectivity index (χ2v) is 5.36. The molecule has 22 heavy (non-hydrogen) atoms. The summed E-state index contributed by atoms with van der Waals surface area (Å²) in [6.07, 6.45) is 1.94. The van der Waals surface area contributed by atoms with E-state index in [9.17, 15) is 13.6 Å². The molecule has 1 aromatic carbocycles. The van der Waals surface area contributed by atoms with E-state index in [0.29, 0.717) is 17.5 Å². The summed E-state index contributed by atoms with van der Waals surface area (Å²) in [6, 6.07) is 4.00. The Labute approximate surface area is 139 Å². The van der Waals surface area contributed by atoms with E-state index < -0.39 is 12.5 Å². The molecule has 1 atom stereocenters. The van der Waals surface area contributed by atoms with Crippen LogP contribution in [0.25, 0.3) is 0 Å². The van der Waals surface area contributed by atoms with Gasteiger partial charge in [-0.2, -0.15) is 8.78 Å². The summed E-state index contributed by atoms with van der Waals surface area (Å²) in [4.78, 5) is 12.1. The molecule has 1 unspecified atom stereocenters. The number of carbonyl (C=O) groups excluding carboxylic acids is 1. The molecule has 1 amide bonds. The smallest absolute Gasteiger partial charge is 0.387 e. The Morgan fingerprint density at radius 2 is 2.27 bits per heavy atom. The Balaban J connectivity index is 0.00000242. The van der Waals surface area contributed by atoms with Gasteiger partial charge in [-0.05, 0) is 50.0 Å². The lowest BCUT2D eigenvalue weighted by molar-refractivity contribution is -0.0501. The van der Waals surface area contributed by atoms with Crippen LogP contribution in [0.4, 0.5) is 8.78 Å². The van der Waals surface area contributed by atoms with Crippen molar-refractivity contribution >= 4 is 29.9 Å². The summed E-state index contributed by atoms with van der Waals surface area (Å²) >= 11 is 5.80. The number of rotatable bonds is 6. The quantitative estimate of drug-likeness (QED) is 0.825. The van der Waals surface area contributed by atoms with Crippen molar-refractivity contribution in [3.05, 3.63) is 28.8 Å². The lowest BCUT2D eigenvalue weighted by Crippen LogP contribution is -2.27. The van der Waals surface area contributed by atoms with Gasteiger partial charge in [0.15, 0.2) is 0 Å². The largest absolute Gasteiger partial charge is 0.434 e. The molecule has 8 heteroatoms.